The third kappa shape index (κ3) is 4.29. The van der Waals surface area contributed by atoms with Crippen molar-refractivity contribution in [2.75, 3.05) is 12.5 Å². The van der Waals surface area contributed by atoms with Crippen LogP contribution < -0.4 is 4.74 Å². The first kappa shape index (κ1) is 18.6. The van der Waals surface area contributed by atoms with Crippen LogP contribution in [0.15, 0.2) is 63.7 Å². The molecule has 0 spiro atoms. The highest BCUT2D eigenvalue weighted by Crippen LogP contribution is 2.30. The summed E-state index contributed by atoms with van der Waals surface area (Å²) < 4.78 is 51.6. The van der Waals surface area contributed by atoms with Crippen LogP contribution >= 0.6 is 11.3 Å². The van der Waals surface area contributed by atoms with Crippen molar-refractivity contribution in [3.05, 3.63) is 53.9 Å². The van der Waals surface area contributed by atoms with E-state index in [9.17, 15) is 16.8 Å². The highest BCUT2D eigenvalue weighted by Gasteiger charge is 2.11. The standard InChI is InChI=1S/C17H15NO5S3/c1-25(19,20)14-7-3-12(4-8-14)16-11-24-17(18-16)23-13-5-9-15(10-6-13)26(2,21)22/h3-11H,1-2H3. The number of thiazole rings is 1. The Bertz CT molecular complexity index is 1130. The van der Waals surface area contributed by atoms with Crippen LogP contribution in [-0.4, -0.2) is 34.3 Å². The van der Waals surface area contributed by atoms with Crippen LogP contribution in [0.1, 0.15) is 0 Å². The van der Waals surface area contributed by atoms with E-state index in [0.29, 0.717) is 16.6 Å². The molecule has 0 fully saturated rings. The maximum absolute atomic E-state index is 11.5. The van der Waals surface area contributed by atoms with Gasteiger partial charge in [0.1, 0.15) is 5.75 Å². The molecule has 0 bridgehead atoms. The summed E-state index contributed by atoms with van der Waals surface area (Å²) in [5.41, 5.74) is 1.44. The molecule has 0 N–H and O–H groups in total. The summed E-state index contributed by atoms with van der Waals surface area (Å²) in [6.45, 7) is 0. The molecule has 0 saturated heterocycles. The van der Waals surface area contributed by atoms with E-state index in [1.165, 1.54) is 35.6 Å². The van der Waals surface area contributed by atoms with Crippen molar-refractivity contribution in [1.82, 2.24) is 4.98 Å². The van der Waals surface area contributed by atoms with Gasteiger partial charge in [0.2, 0.25) is 0 Å². The zero-order valence-electron chi connectivity index (χ0n) is 13.9. The Kier molecular flexibility index (Phi) is 4.87. The van der Waals surface area contributed by atoms with Gasteiger partial charge in [-0.3, -0.25) is 0 Å². The van der Waals surface area contributed by atoms with Crippen LogP contribution in [0.4, 0.5) is 0 Å². The van der Waals surface area contributed by atoms with E-state index in [1.807, 2.05) is 0 Å². The molecule has 3 rings (SSSR count). The number of sulfone groups is 2. The third-order valence-corrected chi connectivity index (χ3v) is 6.49. The lowest BCUT2D eigenvalue weighted by molar-refractivity contribution is 0.479. The summed E-state index contributed by atoms with van der Waals surface area (Å²) in [4.78, 5) is 4.83. The number of hydrogen-bond acceptors (Lipinski definition) is 7. The smallest absolute Gasteiger partial charge is 0.279 e. The van der Waals surface area contributed by atoms with Crippen molar-refractivity contribution in [3.63, 3.8) is 0 Å². The molecule has 0 saturated carbocycles. The Labute approximate surface area is 155 Å². The molecule has 26 heavy (non-hydrogen) atoms. The number of hydrogen-bond donors (Lipinski definition) is 0. The van der Waals surface area contributed by atoms with E-state index < -0.39 is 19.7 Å². The fourth-order valence-corrected chi connectivity index (χ4v) is 4.12. The summed E-state index contributed by atoms with van der Waals surface area (Å²) in [6, 6.07) is 12.5. The molecule has 3 aromatic rings. The van der Waals surface area contributed by atoms with E-state index in [1.54, 1.807) is 29.6 Å². The highest BCUT2D eigenvalue weighted by molar-refractivity contribution is 7.91. The lowest BCUT2D eigenvalue weighted by Crippen LogP contribution is -1.96. The molecule has 0 aliphatic carbocycles. The Morgan fingerprint density at radius 3 is 1.81 bits per heavy atom. The quantitative estimate of drug-likeness (QED) is 0.641. The van der Waals surface area contributed by atoms with Gasteiger partial charge in [-0.15, -0.1) is 0 Å². The number of benzene rings is 2. The molecular weight excluding hydrogens is 394 g/mol. The van der Waals surface area contributed by atoms with E-state index in [2.05, 4.69) is 4.98 Å². The summed E-state index contributed by atoms with van der Waals surface area (Å²) in [6.07, 6.45) is 2.30. The zero-order valence-corrected chi connectivity index (χ0v) is 16.4. The minimum absolute atomic E-state index is 0.218. The van der Waals surface area contributed by atoms with E-state index in [-0.39, 0.29) is 9.79 Å². The van der Waals surface area contributed by atoms with Crippen LogP contribution in [0.5, 0.6) is 10.9 Å². The van der Waals surface area contributed by atoms with Gasteiger partial charge in [0.15, 0.2) is 19.7 Å². The van der Waals surface area contributed by atoms with Crippen molar-refractivity contribution in [3.8, 4) is 22.2 Å². The Morgan fingerprint density at radius 2 is 1.31 bits per heavy atom. The minimum Gasteiger partial charge on any atom is -0.431 e. The van der Waals surface area contributed by atoms with Gasteiger partial charge in [-0.05, 0) is 36.4 Å². The van der Waals surface area contributed by atoms with E-state index in [0.717, 1.165) is 18.1 Å². The normalized spacial score (nSPS) is 12.1. The zero-order chi connectivity index (χ0) is 18.9. The van der Waals surface area contributed by atoms with Crippen LogP contribution in [0, 0.1) is 0 Å². The molecule has 0 atom stereocenters. The maximum Gasteiger partial charge on any atom is 0.279 e. The van der Waals surface area contributed by atoms with Crippen molar-refractivity contribution >= 4 is 31.0 Å². The topological polar surface area (TPSA) is 90.4 Å². The monoisotopic (exact) mass is 409 g/mol. The molecule has 1 heterocycles. The average molecular weight is 410 g/mol. The number of aromatic nitrogens is 1. The van der Waals surface area contributed by atoms with Crippen LogP contribution in [0.3, 0.4) is 0 Å². The summed E-state index contributed by atoms with van der Waals surface area (Å²) in [5.74, 6) is 0.478. The van der Waals surface area contributed by atoms with Gasteiger partial charge in [-0.2, -0.15) is 0 Å². The van der Waals surface area contributed by atoms with Gasteiger partial charge >= 0.3 is 0 Å². The first-order valence-corrected chi connectivity index (χ1v) is 12.0. The molecule has 136 valence electrons. The fraction of sp³-hybridized carbons (Fsp3) is 0.118. The van der Waals surface area contributed by atoms with Gasteiger partial charge < -0.3 is 4.74 Å². The maximum atomic E-state index is 11.5. The minimum atomic E-state index is -3.25. The van der Waals surface area contributed by atoms with Crippen LogP contribution in [0.25, 0.3) is 11.3 Å². The SMILES string of the molecule is CS(=O)(=O)c1ccc(Oc2nc(-c3ccc(S(C)(=O)=O)cc3)cs2)cc1. The van der Waals surface area contributed by atoms with Crippen molar-refractivity contribution in [2.24, 2.45) is 0 Å². The average Bonchev–Trinajstić information content (AvgIpc) is 3.02. The Hall–Kier alpha value is -2.23. The highest BCUT2D eigenvalue weighted by atomic mass is 32.2. The molecule has 0 aliphatic rings. The largest absolute Gasteiger partial charge is 0.431 e. The first-order chi connectivity index (χ1) is 12.1. The predicted octanol–water partition coefficient (Wildman–Crippen LogP) is 3.41. The van der Waals surface area contributed by atoms with Gasteiger partial charge in [0.05, 0.1) is 15.5 Å². The van der Waals surface area contributed by atoms with Crippen LogP contribution in [-0.2, 0) is 19.7 Å². The van der Waals surface area contributed by atoms with Gasteiger partial charge in [0, 0.05) is 23.5 Å². The van der Waals surface area contributed by atoms with Crippen molar-refractivity contribution < 1.29 is 21.6 Å². The first-order valence-electron chi connectivity index (χ1n) is 7.37. The predicted molar refractivity (Wildman–Crippen MR) is 100 cm³/mol. The fourth-order valence-electron chi connectivity index (χ4n) is 2.17. The molecule has 0 aliphatic heterocycles. The second-order valence-corrected chi connectivity index (χ2v) is 10.5. The summed E-state index contributed by atoms with van der Waals surface area (Å²) in [5, 5.41) is 2.20. The third-order valence-electron chi connectivity index (χ3n) is 3.52. The lowest BCUT2D eigenvalue weighted by Gasteiger charge is -2.03. The second-order valence-electron chi connectivity index (χ2n) is 5.64. The Balaban J connectivity index is 1.78. The van der Waals surface area contributed by atoms with Crippen molar-refractivity contribution in [2.45, 2.75) is 9.79 Å². The molecule has 0 radical (unpaired) electrons. The van der Waals surface area contributed by atoms with E-state index >= 15 is 0 Å². The summed E-state index contributed by atoms with van der Waals surface area (Å²) >= 11 is 1.29. The second kappa shape index (κ2) is 6.82. The molecular formula is C17H15NO5S3. The summed E-state index contributed by atoms with van der Waals surface area (Å²) in [7, 11) is -6.49. The molecule has 6 nitrogen and oxygen atoms in total. The van der Waals surface area contributed by atoms with E-state index in [4.69, 9.17) is 4.74 Å². The molecule has 0 unspecified atom stereocenters. The molecule has 1 aromatic heterocycles. The lowest BCUT2D eigenvalue weighted by atomic mass is 10.2. The Morgan fingerprint density at radius 1 is 0.808 bits per heavy atom. The number of rotatable bonds is 5. The van der Waals surface area contributed by atoms with Gasteiger partial charge in [-0.25, -0.2) is 21.8 Å². The van der Waals surface area contributed by atoms with Crippen LogP contribution in [0.2, 0.25) is 0 Å². The van der Waals surface area contributed by atoms with Gasteiger partial charge in [-0.1, -0.05) is 23.5 Å². The molecule has 0 amide bonds. The van der Waals surface area contributed by atoms with Crippen molar-refractivity contribution in [1.29, 1.82) is 0 Å². The number of nitrogens with zero attached hydrogens (tertiary/aromatic N) is 1. The molecule has 2 aromatic carbocycles. The molecule has 9 heteroatoms. The number of ether oxygens (including phenoxy) is 1. The van der Waals surface area contributed by atoms with Gasteiger partial charge in [0.25, 0.3) is 5.19 Å².